The molecule has 0 aliphatic heterocycles. The van der Waals surface area contributed by atoms with Gasteiger partial charge in [0.25, 0.3) is 0 Å². The van der Waals surface area contributed by atoms with E-state index in [1.165, 1.54) is 0 Å². The van der Waals surface area contributed by atoms with E-state index < -0.39 is 0 Å². The predicted octanol–water partition coefficient (Wildman–Crippen LogP) is 2.98. The van der Waals surface area contributed by atoms with Crippen LogP contribution in [0.3, 0.4) is 0 Å². The molecule has 4 nitrogen and oxygen atoms in total. The number of anilines is 1. The van der Waals surface area contributed by atoms with Gasteiger partial charge in [0.05, 0.1) is 12.2 Å². The van der Waals surface area contributed by atoms with E-state index in [-0.39, 0.29) is 11.8 Å². The average molecular weight is 278 g/mol. The molecule has 0 bridgehead atoms. The number of nitrogens with one attached hydrogen (secondary N) is 1. The summed E-state index contributed by atoms with van der Waals surface area (Å²) < 4.78 is 5.54. The van der Waals surface area contributed by atoms with Gasteiger partial charge in [-0.25, -0.2) is 0 Å². The lowest BCUT2D eigenvalue weighted by Gasteiger charge is -2.15. The second kappa shape index (κ2) is 9.23. The molecule has 20 heavy (non-hydrogen) atoms. The number of nitrogen functional groups attached to an aromatic ring is 1. The van der Waals surface area contributed by atoms with Gasteiger partial charge < -0.3 is 15.8 Å². The van der Waals surface area contributed by atoms with Crippen molar-refractivity contribution in [3.8, 4) is 5.75 Å². The third kappa shape index (κ3) is 5.51. The van der Waals surface area contributed by atoms with E-state index in [0.717, 1.165) is 25.7 Å². The van der Waals surface area contributed by atoms with E-state index in [1.54, 1.807) is 6.07 Å². The smallest absolute Gasteiger partial charge is 0.223 e. The van der Waals surface area contributed by atoms with Gasteiger partial charge in [0, 0.05) is 5.92 Å². The highest BCUT2D eigenvalue weighted by atomic mass is 16.5. The Kier molecular flexibility index (Phi) is 7.55. The molecule has 0 aromatic heterocycles. The van der Waals surface area contributed by atoms with Crippen LogP contribution in [0.4, 0.5) is 5.69 Å². The lowest BCUT2D eigenvalue weighted by atomic mass is 9.98. The quantitative estimate of drug-likeness (QED) is 0.539. The number of hydrogen-bond acceptors (Lipinski definition) is 3. The second-order valence-corrected chi connectivity index (χ2v) is 4.92. The minimum atomic E-state index is 0.122. The Hall–Kier alpha value is -1.71. The van der Waals surface area contributed by atoms with Crippen LogP contribution in [0, 0.1) is 5.92 Å². The summed E-state index contributed by atoms with van der Waals surface area (Å²) in [6, 6.07) is 7.37. The van der Waals surface area contributed by atoms with E-state index in [0.29, 0.717) is 24.6 Å². The van der Waals surface area contributed by atoms with Crippen molar-refractivity contribution in [1.29, 1.82) is 0 Å². The fourth-order valence-corrected chi connectivity index (χ4v) is 2.06. The molecule has 1 amide bonds. The minimum Gasteiger partial charge on any atom is -0.490 e. The predicted molar refractivity (Wildman–Crippen MR) is 82.7 cm³/mol. The van der Waals surface area contributed by atoms with Crippen LogP contribution in [-0.2, 0) is 4.79 Å². The fraction of sp³-hybridized carbons (Fsp3) is 0.562. The molecule has 0 aliphatic rings. The Bertz CT molecular complexity index is 407. The zero-order chi connectivity index (χ0) is 14.8. The van der Waals surface area contributed by atoms with Gasteiger partial charge in [-0.15, -0.1) is 0 Å². The fourth-order valence-electron chi connectivity index (χ4n) is 2.06. The summed E-state index contributed by atoms with van der Waals surface area (Å²) >= 11 is 0. The number of para-hydroxylation sites is 2. The largest absolute Gasteiger partial charge is 0.490 e. The van der Waals surface area contributed by atoms with Gasteiger partial charge in [-0.1, -0.05) is 38.8 Å². The number of benzene rings is 1. The normalized spacial score (nSPS) is 11.9. The SMILES string of the molecule is CCCCC(CC)C(=O)NCCOc1ccccc1N. The summed E-state index contributed by atoms with van der Waals surface area (Å²) in [4.78, 5) is 12.0. The number of unbranched alkanes of at least 4 members (excludes halogenated alkanes) is 1. The summed E-state index contributed by atoms with van der Waals surface area (Å²) in [7, 11) is 0. The number of amides is 1. The van der Waals surface area contributed by atoms with Crippen molar-refractivity contribution >= 4 is 11.6 Å². The van der Waals surface area contributed by atoms with Gasteiger partial charge in [-0.3, -0.25) is 4.79 Å². The number of nitrogens with two attached hydrogens (primary N) is 1. The zero-order valence-corrected chi connectivity index (χ0v) is 12.5. The Balaban J connectivity index is 2.26. The van der Waals surface area contributed by atoms with E-state index in [2.05, 4.69) is 19.2 Å². The Morgan fingerprint density at radius 1 is 1.35 bits per heavy atom. The molecule has 1 atom stereocenters. The van der Waals surface area contributed by atoms with Crippen molar-refractivity contribution in [3.05, 3.63) is 24.3 Å². The summed E-state index contributed by atoms with van der Waals surface area (Å²) in [5.74, 6) is 0.919. The molecule has 0 spiro atoms. The van der Waals surface area contributed by atoms with Crippen LogP contribution in [0.2, 0.25) is 0 Å². The molecule has 1 unspecified atom stereocenters. The summed E-state index contributed by atoms with van der Waals surface area (Å²) in [6.45, 7) is 5.14. The van der Waals surface area contributed by atoms with Crippen LogP contribution in [-0.4, -0.2) is 19.1 Å². The van der Waals surface area contributed by atoms with Gasteiger partial charge in [0.15, 0.2) is 0 Å². The minimum absolute atomic E-state index is 0.122. The average Bonchev–Trinajstić information content (AvgIpc) is 2.46. The molecule has 0 heterocycles. The Morgan fingerprint density at radius 2 is 2.10 bits per heavy atom. The molecule has 0 radical (unpaired) electrons. The van der Waals surface area contributed by atoms with Gasteiger partial charge in [-0.2, -0.15) is 0 Å². The first kappa shape index (κ1) is 16.3. The van der Waals surface area contributed by atoms with E-state index in [9.17, 15) is 4.79 Å². The molecule has 0 fully saturated rings. The maximum absolute atomic E-state index is 12.0. The van der Waals surface area contributed by atoms with Crippen molar-refractivity contribution in [2.45, 2.75) is 39.5 Å². The number of carbonyl (C=O) groups excluding carboxylic acids is 1. The van der Waals surface area contributed by atoms with Crippen molar-refractivity contribution < 1.29 is 9.53 Å². The molecule has 1 aromatic carbocycles. The van der Waals surface area contributed by atoms with Gasteiger partial charge >= 0.3 is 0 Å². The van der Waals surface area contributed by atoms with Crippen LogP contribution in [0.25, 0.3) is 0 Å². The van der Waals surface area contributed by atoms with Crippen molar-refractivity contribution in [2.75, 3.05) is 18.9 Å². The van der Waals surface area contributed by atoms with Crippen LogP contribution >= 0.6 is 0 Å². The molecule has 3 N–H and O–H groups in total. The van der Waals surface area contributed by atoms with Gasteiger partial charge in [0.2, 0.25) is 5.91 Å². The molecule has 1 aromatic rings. The van der Waals surface area contributed by atoms with Crippen molar-refractivity contribution in [3.63, 3.8) is 0 Å². The number of rotatable bonds is 9. The standard InChI is InChI=1S/C16H26N2O2/c1-3-5-8-13(4-2)16(19)18-11-12-20-15-10-7-6-9-14(15)17/h6-7,9-10,13H,3-5,8,11-12,17H2,1-2H3,(H,18,19). The monoisotopic (exact) mass is 278 g/mol. The lowest BCUT2D eigenvalue weighted by Crippen LogP contribution is -2.33. The summed E-state index contributed by atoms with van der Waals surface area (Å²) in [5, 5.41) is 2.93. The first-order valence-corrected chi connectivity index (χ1v) is 7.44. The maximum atomic E-state index is 12.0. The first-order valence-electron chi connectivity index (χ1n) is 7.44. The maximum Gasteiger partial charge on any atom is 0.223 e. The number of ether oxygens (including phenoxy) is 1. The molecule has 112 valence electrons. The number of carbonyl (C=O) groups is 1. The van der Waals surface area contributed by atoms with Crippen molar-refractivity contribution in [1.82, 2.24) is 5.32 Å². The summed E-state index contributed by atoms with van der Waals surface area (Å²) in [6.07, 6.45) is 4.08. The molecule has 4 heteroatoms. The van der Waals surface area contributed by atoms with Crippen LogP contribution < -0.4 is 15.8 Å². The lowest BCUT2D eigenvalue weighted by molar-refractivity contribution is -0.125. The Morgan fingerprint density at radius 3 is 2.75 bits per heavy atom. The number of hydrogen-bond donors (Lipinski definition) is 2. The molecular formula is C16H26N2O2. The van der Waals surface area contributed by atoms with Crippen LogP contribution in [0.1, 0.15) is 39.5 Å². The topological polar surface area (TPSA) is 64.3 Å². The van der Waals surface area contributed by atoms with Crippen LogP contribution in [0.5, 0.6) is 5.75 Å². The Labute approximate surface area is 121 Å². The highest BCUT2D eigenvalue weighted by Gasteiger charge is 2.14. The van der Waals surface area contributed by atoms with E-state index >= 15 is 0 Å². The zero-order valence-electron chi connectivity index (χ0n) is 12.5. The highest BCUT2D eigenvalue weighted by molar-refractivity contribution is 5.78. The first-order chi connectivity index (χ1) is 9.69. The van der Waals surface area contributed by atoms with E-state index in [4.69, 9.17) is 10.5 Å². The molecule has 0 aliphatic carbocycles. The van der Waals surface area contributed by atoms with Crippen molar-refractivity contribution in [2.24, 2.45) is 5.92 Å². The molecule has 0 saturated heterocycles. The van der Waals surface area contributed by atoms with E-state index in [1.807, 2.05) is 18.2 Å². The summed E-state index contributed by atoms with van der Waals surface area (Å²) in [5.41, 5.74) is 6.39. The third-order valence-electron chi connectivity index (χ3n) is 3.35. The van der Waals surface area contributed by atoms with Gasteiger partial charge in [0.1, 0.15) is 12.4 Å². The van der Waals surface area contributed by atoms with Crippen LogP contribution in [0.15, 0.2) is 24.3 Å². The van der Waals surface area contributed by atoms with Gasteiger partial charge in [-0.05, 0) is 25.0 Å². The third-order valence-corrected chi connectivity index (χ3v) is 3.35. The highest BCUT2D eigenvalue weighted by Crippen LogP contribution is 2.19. The second-order valence-electron chi connectivity index (χ2n) is 4.92. The molecule has 1 rings (SSSR count). The molecule has 0 saturated carbocycles. The molecular weight excluding hydrogens is 252 g/mol.